The van der Waals surface area contributed by atoms with E-state index in [1.165, 1.54) is 16.8 Å². The van der Waals surface area contributed by atoms with E-state index in [0.29, 0.717) is 11.3 Å². The quantitative estimate of drug-likeness (QED) is 0.804. The van der Waals surface area contributed by atoms with Crippen LogP contribution in [0.15, 0.2) is 53.9 Å². The first-order chi connectivity index (χ1) is 9.58. The van der Waals surface area contributed by atoms with Gasteiger partial charge in [-0.25, -0.2) is 4.98 Å². The topological polar surface area (TPSA) is 76.4 Å². The van der Waals surface area contributed by atoms with Crippen molar-refractivity contribution in [1.82, 2.24) is 14.4 Å². The van der Waals surface area contributed by atoms with E-state index in [1.54, 1.807) is 36.5 Å². The lowest BCUT2D eigenvalue weighted by Gasteiger charge is -2.07. The zero-order valence-corrected chi connectivity index (χ0v) is 11.6. The summed E-state index contributed by atoms with van der Waals surface area (Å²) in [4.78, 5) is 7.85. The first-order valence-electron chi connectivity index (χ1n) is 5.63. The molecule has 3 heterocycles. The van der Waals surface area contributed by atoms with Gasteiger partial charge in [-0.1, -0.05) is 17.7 Å². The van der Waals surface area contributed by atoms with Crippen LogP contribution < -0.4 is 4.72 Å². The number of nitrogens with one attached hydrogen (secondary N) is 1. The molecule has 0 aliphatic carbocycles. The smallest absolute Gasteiger partial charge is 0.281 e. The van der Waals surface area contributed by atoms with E-state index in [4.69, 9.17) is 11.6 Å². The zero-order valence-electron chi connectivity index (χ0n) is 10.1. The van der Waals surface area contributed by atoms with Crippen molar-refractivity contribution in [3.8, 4) is 0 Å². The summed E-state index contributed by atoms with van der Waals surface area (Å²) in [6.07, 6.45) is 4.58. The van der Waals surface area contributed by atoms with Gasteiger partial charge in [0.1, 0.15) is 5.65 Å². The van der Waals surface area contributed by atoms with Crippen molar-refractivity contribution in [3.63, 3.8) is 0 Å². The largest absolute Gasteiger partial charge is 0.288 e. The average Bonchev–Trinajstić information content (AvgIpc) is 2.75. The number of hydrogen-bond acceptors (Lipinski definition) is 4. The summed E-state index contributed by atoms with van der Waals surface area (Å²) in [6, 6.07) is 8.24. The second-order valence-electron chi connectivity index (χ2n) is 3.98. The average molecular weight is 309 g/mol. The molecule has 3 aromatic heterocycles. The van der Waals surface area contributed by atoms with E-state index < -0.39 is 10.0 Å². The molecule has 0 aliphatic rings. The molecule has 20 heavy (non-hydrogen) atoms. The standard InChI is InChI=1S/C12H9ClN4O2S/c13-11-12(17-8-2-1-3-10(17)15-11)20(18,19)16-9-4-6-14-7-5-9/h1-8H,(H,14,16). The summed E-state index contributed by atoms with van der Waals surface area (Å²) >= 11 is 5.95. The van der Waals surface area contributed by atoms with Gasteiger partial charge in [0.25, 0.3) is 10.0 Å². The van der Waals surface area contributed by atoms with E-state index in [0.717, 1.165) is 0 Å². The minimum absolute atomic E-state index is 0.0715. The van der Waals surface area contributed by atoms with Gasteiger partial charge in [-0.2, -0.15) is 8.42 Å². The Kier molecular flexibility index (Phi) is 3.07. The van der Waals surface area contributed by atoms with Gasteiger partial charge in [-0.05, 0) is 24.3 Å². The van der Waals surface area contributed by atoms with Crippen molar-refractivity contribution in [1.29, 1.82) is 0 Å². The van der Waals surface area contributed by atoms with Gasteiger partial charge in [0.15, 0.2) is 10.2 Å². The number of imidazole rings is 1. The van der Waals surface area contributed by atoms with Crippen LogP contribution in [0.2, 0.25) is 5.15 Å². The summed E-state index contributed by atoms with van der Waals surface area (Å²) in [6.45, 7) is 0. The third-order valence-electron chi connectivity index (χ3n) is 2.63. The van der Waals surface area contributed by atoms with Crippen LogP contribution in [-0.4, -0.2) is 22.8 Å². The minimum atomic E-state index is -3.84. The molecule has 3 aromatic rings. The Labute approximate surface area is 120 Å². The maximum Gasteiger partial charge on any atom is 0.281 e. The number of rotatable bonds is 3. The summed E-state index contributed by atoms with van der Waals surface area (Å²) < 4.78 is 28.7. The van der Waals surface area contributed by atoms with Gasteiger partial charge in [0.05, 0.1) is 5.69 Å². The highest BCUT2D eigenvalue weighted by molar-refractivity contribution is 7.92. The summed E-state index contributed by atoms with van der Waals surface area (Å²) in [5.74, 6) is 0. The second kappa shape index (κ2) is 4.77. The van der Waals surface area contributed by atoms with Crippen molar-refractivity contribution >= 4 is 33.0 Å². The van der Waals surface area contributed by atoms with Gasteiger partial charge in [0.2, 0.25) is 0 Å². The van der Waals surface area contributed by atoms with Crippen LogP contribution in [-0.2, 0) is 10.0 Å². The highest BCUT2D eigenvalue weighted by Gasteiger charge is 2.24. The molecule has 8 heteroatoms. The second-order valence-corrected chi connectivity index (χ2v) is 5.93. The lowest BCUT2D eigenvalue weighted by molar-refractivity contribution is 0.596. The third kappa shape index (κ3) is 2.21. The van der Waals surface area contributed by atoms with E-state index in [2.05, 4.69) is 14.7 Å². The highest BCUT2D eigenvalue weighted by atomic mass is 35.5. The first-order valence-corrected chi connectivity index (χ1v) is 7.49. The predicted octanol–water partition coefficient (Wildman–Crippen LogP) is 2.18. The fourth-order valence-corrected chi connectivity index (χ4v) is 3.51. The van der Waals surface area contributed by atoms with Gasteiger partial charge >= 0.3 is 0 Å². The summed E-state index contributed by atoms with van der Waals surface area (Å²) in [5, 5.41) is -0.163. The molecule has 0 unspecified atom stereocenters. The lowest BCUT2D eigenvalue weighted by Crippen LogP contribution is -2.15. The number of anilines is 1. The molecule has 0 aromatic carbocycles. The number of halogens is 1. The molecule has 0 aliphatic heterocycles. The molecule has 0 atom stereocenters. The fraction of sp³-hybridized carbons (Fsp3) is 0. The van der Waals surface area contributed by atoms with Crippen LogP contribution in [0.3, 0.4) is 0 Å². The van der Waals surface area contributed by atoms with Crippen molar-refractivity contribution in [2.45, 2.75) is 5.03 Å². The Morgan fingerprint density at radius 1 is 1.15 bits per heavy atom. The summed E-state index contributed by atoms with van der Waals surface area (Å²) in [5.41, 5.74) is 0.870. The first kappa shape index (κ1) is 12.9. The highest BCUT2D eigenvalue weighted by Crippen LogP contribution is 2.24. The maximum atomic E-state index is 12.4. The molecule has 0 spiro atoms. The SMILES string of the molecule is O=S(=O)(Nc1ccncc1)c1c(Cl)nc2ccccn12. The molecule has 0 saturated carbocycles. The van der Waals surface area contributed by atoms with Gasteiger partial charge in [-0.3, -0.25) is 14.1 Å². The van der Waals surface area contributed by atoms with Crippen molar-refractivity contribution in [2.75, 3.05) is 4.72 Å². The molecular formula is C12H9ClN4O2S. The number of aromatic nitrogens is 3. The molecule has 3 rings (SSSR count). The van der Waals surface area contributed by atoms with Crippen molar-refractivity contribution < 1.29 is 8.42 Å². The number of nitrogens with zero attached hydrogens (tertiary/aromatic N) is 3. The van der Waals surface area contributed by atoms with E-state index in [9.17, 15) is 8.42 Å². The molecular weight excluding hydrogens is 300 g/mol. The fourth-order valence-electron chi connectivity index (χ4n) is 1.81. The van der Waals surface area contributed by atoms with Gasteiger partial charge in [0, 0.05) is 18.6 Å². The zero-order chi connectivity index (χ0) is 14.2. The molecule has 0 fully saturated rings. The minimum Gasteiger partial charge on any atom is -0.288 e. The third-order valence-corrected chi connectivity index (χ3v) is 4.41. The Morgan fingerprint density at radius 3 is 2.65 bits per heavy atom. The van der Waals surface area contributed by atoms with Crippen LogP contribution >= 0.6 is 11.6 Å². The Balaban J connectivity index is 2.12. The van der Waals surface area contributed by atoms with Gasteiger partial charge in [-0.15, -0.1) is 0 Å². The van der Waals surface area contributed by atoms with Crippen LogP contribution in [0.4, 0.5) is 5.69 Å². The molecule has 0 saturated heterocycles. The Morgan fingerprint density at radius 2 is 1.90 bits per heavy atom. The maximum absolute atomic E-state index is 12.4. The molecule has 0 radical (unpaired) electrons. The predicted molar refractivity (Wildman–Crippen MR) is 75.2 cm³/mol. The van der Waals surface area contributed by atoms with Crippen LogP contribution in [0.1, 0.15) is 0 Å². The summed E-state index contributed by atoms with van der Waals surface area (Å²) in [7, 11) is -3.84. The number of pyridine rings is 2. The molecule has 1 N–H and O–H groups in total. The monoisotopic (exact) mass is 308 g/mol. The molecule has 0 amide bonds. The number of hydrogen-bond donors (Lipinski definition) is 1. The van der Waals surface area contributed by atoms with Gasteiger partial charge < -0.3 is 0 Å². The van der Waals surface area contributed by atoms with E-state index in [1.807, 2.05) is 0 Å². The Bertz CT molecular complexity index is 862. The molecule has 6 nitrogen and oxygen atoms in total. The van der Waals surface area contributed by atoms with E-state index in [-0.39, 0.29) is 10.2 Å². The molecule has 102 valence electrons. The van der Waals surface area contributed by atoms with E-state index >= 15 is 0 Å². The lowest BCUT2D eigenvalue weighted by atomic mass is 10.4. The van der Waals surface area contributed by atoms with Crippen molar-refractivity contribution in [3.05, 3.63) is 54.1 Å². The number of fused-ring (bicyclic) bond motifs is 1. The van der Waals surface area contributed by atoms with Crippen LogP contribution in [0.25, 0.3) is 5.65 Å². The Hall–Kier alpha value is -2.12. The molecule has 0 bridgehead atoms. The normalized spacial score (nSPS) is 11.7. The van der Waals surface area contributed by atoms with Crippen molar-refractivity contribution in [2.24, 2.45) is 0 Å². The van der Waals surface area contributed by atoms with Crippen LogP contribution in [0, 0.1) is 0 Å². The number of sulfonamides is 1. The van der Waals surface area contributed by atoms with Crippen LogP contribution in [0.5, 0.6) is 0 Å².